The van der Waals surface area contributed by atoms with Gasteiger partial charge in [0.1, 0.15) is 5.75 Å². The first-order valence-corrected chi connectivity index (χ1v) is 5.75. The van der Waals surface area contributed by atoms with Crippen molar-refractivity contribution in [3.8, 4) is 5.75 Å². The minimum Gasteiger partial charge on any atom is -0.482 e. The van der Waals surface area contributed by atoms with Gasteiger partial charge in [0, 0.05) is 12.6 Å². The molecular weight excluding hydrogens is 260 g/mol. The highest BCUT2D eigenvalue weighted by atomic mass is 35.5. The molecule has 0 aliphatic carbocycles. The average Bonchev–Trinajstić information content (AvgIpc) is 2.35. The van der Waals surface area contributed by atoms with Crippen LogP contribution in [0.15, 0.2) is 18.2 Å². The summed E-state index contributed by atoms with van der Waals surface area (Å²) in [7, 11) is 0. The summed E-state index contributed by atoms with van der Waals surface area (Å²) >= 11 is 5.81. The minimum atomic E-state index is -0.555. The summed E-state index contributed by atoms with van der Waals surface area (Å²) in [6.07, 6.45) is 0.823. The lowest BCUT2D eigenvalue weighted by molar-refractivity contribution is -0.384. The molecule has 6 nitrogen and oxygen atoms in total. The molecular formula is C11H13ClN2O4. The molecule has 0 aliphatic heterocycles. The van der Waals surface area contributed by atoms with Gasteiger partial charge in [-0.3, -0.25) is 14.9 Å². The van der Waals surface area contributed by atoms with E-state index in [4.69, 9.17) is 16.3 Å². The van der Waals surface area contributed by atoms with Gasteiger partial charge in [0.05, 0.1) is 16.0 Å². The first kappa shape index (κ1) is 14.2. The van der Waals surface area contributed by atoms with Crippen LogP contribution in [0.4, 0.5) is 5.69 Å². The molecule has 0 saturated carbocycles. The number of nitro groups is 1. The van der Waals surface area contributed by atoms with Crippen molar-refractivity contribution >= 4 is 23.2 Å². The average molecular weight is 273 g/mol. The fourth-order valence-electron chi connectivity index (χ4n) is 1.17. The maximum atomic E-state index is 11.3. The summed E-state index contributed by atoms with van der Waals surface area (Å²) in [6, 6.07) is 3.82. The van der Waals surface area contributed by atoms with Crippen LogP contribution in [0, 0.1) is 10.1 Å². The van der Waals surface area contributed by atoms with E-state index in [9.17, 15) is 14.9 Å². The Balaban J connectivity index is 2.63. The smallest absolute Gasteiger partial charge is 0.273 e. The number of carbonyl (C=O) groups is 1. The van der Waals surface area contributed by atoms with Gasteiger partial charge in [-0.1, -0.05) is 18.5 Å². The van der Waals surface area contributed by atoms with Crippen molar-refractivity contribution in [2.45, 2.75) is 13.3 Å². The number of hydrogen-bond donors (Lipinski definition) is 1. The predicted octanol–water partition coefficient (Wildman–Crippen LogP) is 2.15. The zero-order valence-corrected chi connectivity index (χ0v) is 10.6. The Labute approximate surface area is 109 Å². The lowest BCUT2D eigenvalue weighted by Gasteiger charge is -2.07. The van der Waals surface area contributed by atoms with Crippen LogP contribution in [0.5, 0.6) is 5.75 Å². The number of carbonyl (C=O) groups excluding carboxylic acids is 1. The van der Waals surface area contributed by atoms with Gasteiger partial charge in [-0.15, -0.1) is 0 Å². The van der Waals surface area contributed by atoms with Gasteiger partial charge in [-0.25, -0.2) is 0 Å². The number of nitrogens with one attached hydrogen (secondary N) is 1. The van der Waals surface area contributed by atoms with Gasteiger partial charge >= 0.3 is 0 Å². The van der Waals surface area contributed by atoms with Crippen LogP contribution >= 0.6 is 11.6 Å². The van der Waals surface area contributed by atoms with Crippen molar-refractivity contribution in [3.05, 3.63) is 33.3 Å². The van der Waals surface area contributed by atoms with Crippen LogP contribution in [-0.4, -0.2) is 24.0 Å². The van der Waals surface area contributed by atoms with Crippen molar-refractivity contribution < 1.29 is 14.5 Å². The minimum absolute atomic E-state index is 0.123. The standard InChI is InChI=1S/C11H13ClN2O4/c1-2-5-13-11(15)7-18-10-6-8(14(16)17)3-4-9(10)12/h3-4,6H,2,5,7H2,1H3,(H,13,15). The molecule has 0 atom stereocenters. The third kappa shape index (κ3) is 4.21. The molecule has 0 aliphatic rings. The van der Waals surface area contributed by atoms with E-state index in [0.717, 1.165) is 6.42 Å². The SMILES string of the molecule is CCCNC(=O)COc1cc([N+](=O)[O-])ccc1Cl. The normalized spacial score (nSPS) is 9.89. The van der Waals surface area contributed by atoms with E-state index in [0.29, 0.717) is 6.54 Å². The summed E-state index contributed by atoms with van der Waals surface area (Å²) in [4.78, 5) is 21.3. The summed E-state index contributed by atoms with van der Waals surface area (Å²) < 4.78 is 5.14. The fourth-order valence-corrected chi connectivity index (χ4v) is 1.35. The molecule has 0 spiro atoms. The number of amides is 1. The van der Waals surface area contributed by atoms with Gasteiger partial charge in [-0.05, 0) is 12.5 Å². The highest BCUT2D eigenvalue weighted by molar-refractivity contribution is 6.32. The Hall–Kier alpha value is -1.82. The van der Waals surface area contributed by atoms with Crippen molar-refractivity contribution in [1.29, 1.82) is 0 Å². The molecule has 0 radical (unpaired) electrons. The molecule has 1 aromatic rings. The maximum Gasteiger partial charge on any atom is 0.273 e. The number of hydrogen-bond acceptors (Lipinski definition) is 4. The first-order chi connectivity index (χ1) is 8.54. The molecule has 1 amide bonds. The Kier molecular flexibility index (Phi) is 5.38. The van der Waals surface area contributed by atoms with E-state index >= 15 is 0 Å². The largest absolute Gasteiger partial charge is 0.482 e. The molecule has 7 heteroatoms. The fraction of sp³-hybridized carbons (Fsp3) is 0.364. The molecule has 18 heavy (non-hydrogen) atoms. The molecule has 0 heterocycles. The van der Waals surface area contributed by atoms with Gasteiger partial charge < -0.3 is 10.1 Å². The third-order valence-electron chi connectivity index (χ3n) is 2.06. The van der Waals surface area contributed by atoms with Crippen LogP contribution < -0.4 is 10.1 Å². The number of non-ortho nitro benzene ring substituents is 1. The molecule has 0 bridgehead atoms. The zero-order chi connectivity index (χ0) is 13.5. The number of benzene rings is 1. The Morgan fingerprint density at radius 3 is 2.89 bits per heavy atom. The second-order valence-electron chi connectivity index (χ2n) is 3.51. The predicted molar refractivity (Wildman–Crippen MR) is 66.9 cm³/mol. The molecule has 1 N–H and O–H groups in total. The second-order valence-corrected chi connectivity index (χ2v) is 3.92. The van der Waals surface area contributed by atoms with Gasteiger partial charge in [0.2, 0.25) is 0 Å². The monoisotopic (exact) mass is 272 g/mol. The van der Waals surface area contributed by atoms with Crippen LogP contribution in [0.3, 0.4) is 0 Å². The number of nitrogens with zero attached hydrogens (tertiary/aromatic N) is 1. The van der Waals surface area contributed by atoms with E-state index in [2.05, 4.69) is 5.32 Å². The summed E-state index contributed by atoms with van der Waals surface area (Å²) in [5.74, 6) is -0.170. The molecule has 0 unspecified atom stereocenters. The quantitative estimate of drug-likeness (QED) is 0.635. The van der Waals surface area contributed by atoms with Crippen molar-refractivity contribution in [3.63, 3.8) is 0 Å². The highest BCUT2D eigenvalue weighted by Gasteiger charge is 2.11. The molecule has 0 saturated heterocycles. The number of halogens is 1. The highest BCUT2D eigenvalue weighted by Crippen LogP contribution is 2.28. The Bertz CT molecular complexity index is 451. The molecule has 1 rings (SSSR count). The van der Waals surface area contributed by atoms with E-state index < -0.39 is 4.92 Å². The lowest BCUT2D eigenvalue weighted by Crippen LogP contribution is -2.29. The van der Waals surface area contributed by atoms with Crippen LogP contribution in [-0.2, 0) is 4.79 Å². The number of nitro benzene ring substituents is 1. The van der Waals surface area contributed by atoms with E-state index in [1.165, 1.54) is 18.2 Å². The molecule has 1 aromatic carbocycles. The van der Waals surface area contributed by atoms with E-state index in [1.54, 1.807) is 0 Å². The van der Waals surface area contributed by atoms with E-state index in [1.807, 2.05) is 6.92 Å². The van der Waals surface area contributed by atoms with Gasteiger partial charge in [0.15, 0.2) is 6.61 Å². The number of ether oxygens (including phenoxy) is 1. The van der Waals surface area contributed by atoms with Crippen molar-refractivity contribution in [1.82, 2.24) is 5.32 Å². The molecule has 0 aromatic heterocycles. The number of rotatable bonds is 6. The van der Waals surface area contributed by atoms with E-state index in [-0.39, 0.29) is 29.0 Å². The molecule has 0 fully saturated rings. The van der Waals surface area contributed by atoms with Crippen LogP contribution in [0.2, 0.25) is 5.02 Å². The van der Waals surface area contributed by atoms with Crippen LogP contribution in [0.25, 0.3) is 0 Å². The van der Waals surface area contributed by atoms with Gasteiger partial charge in [0.25, 0.3) is 11.6 Å². The Morgan fingerprint density at radius 2 is 2.28 bits per heavy atom. The van der Waals surface area contributed by atoms with Gasteiger partial charge in [-0.2, -0.15) is 0 Å². The summed E-state index contributed by atoms with van der Waals surface area (Å²) in [5.41, 5.74) is -0.136. The third-order valence-corrected chi connectivity index (χ3v) is 2.37. The second kappa shape index (κ2) is 6.80. The van der Waals surface area contributed by atoms with Crippen molar-refractivity contribution in [2.24, 2.45) is 0 Å². The maximum absolute atomic E-state index is 11.3. The molecule has 98 valence electrons. The summed E-state index contributed by atoms with van der Waals surface area (Å²) in [6.45, 7) is 2.27. The zero-order valence-electron chi connectivity index (χ0n) is 9.81. The van der Waals surface area contributed by atoms with Crippen molar-refractivity contribution in [2.75, 3.05) is 13.2 Å². The lowest BCUT2D eigenvalue weighted by atomic mass is 10.3. The van der Waals surface area contributed by atoms with Crippen LogP contribution in [0.1, 0.15) is 13.3 Å². The topological polar surface area (TPSA) is 81.5 Å². The Morgan fingerprint density at radius 1 is 1.56 bits per heavy atom. The first-order valence-electron chi connectivity index (χ1n) is 5.38. The summed E-state index contributed by atoms with van der Waals surface area (Å²) in [5, 5.41) is 13.4.